The number of ether oxygens (including phenoxy) is 1. The summed E-state index contributed by atoms with van der Waals surface area (Å²) in [5, 5.41) is 10.9. The summed E-state index contributed by atoms with van der Waals surface area (Å²) in [5.41, 5.74) is 5.52. The second-order valence-corrected chi connectivity index (χ2v) is 8.42. The summed E-state index contributed by atoms with van der Waals surface area (Å²) in [7, 11) is 1.62. The van der Waals surface area contributed by atoms with E-state index in [1.165, 1.54) is 0 Å². The fourth-order valence-electron chi connectivity index (χ4n) is 4.07. The Morgan fingerprint density at radius 2 is 1.67 bits per heavy atom. The lowest BCUT2D eigenvalue weighted by Crippen LogP contribution is -2.23. The van der Waals surface area contributed by atoms with Crippen LogP contribution in [0.4, 0.5) is 11.5 Å². The molecule has 5 rings (SSSR count). The Hall–Kier alpha value is -4.72. The predicted molar refractivity (Wildman–Crippen MR) is 140 cm³/mol. The van der Waals surface area contributed by atoms with Crippen LogP contribution in [0.2, 0.25) is 0 Å². The van der Waals surface area contributed by atoms with E-state index >= 15 is 0 Å². The van der Waals surface area contributed by atoms with Gasteiger partial charge in [-0.25, -0.2) is 14.6 Å². The first-order chi connectivity index (χ1) is 17.5. The second kappa shape index (κ2) is 9.87. The van der Waals surface area contributed by atoms with E-state index in [1.54, 1.807) is 23.9 Å². The van der Waals surface area contributed by atoms with Crippen molar-refractivity contribution in [1.29, 1.82) is 0 Å². The molecule has 180 valence electrons. The molecule has 2 N–H and O–H groups in total. The molecule has 0 aliphatic carbocycles. The van der Waals surface area contributed by atoms with E-state index in [0.717, 1.165) is 33.7 Å². The number of rotatable bonds is 7. The number of benzene rings is 3. The highest BCUT2D eigenvalue weighted by Crippen LogP contribution is 2.25. The lowest BCUT2D eigenvalue weighted by atomic mass is 10.1. The molecule has 0 saturated carbocycles. The maximum atomic E-state index is 12.9. The minimum Gasteiger partial charge on any atom is -0.496 e. The Kier molecular flexibility index (Phi) is 6.32. The van der Waals surface area contributed by atoms with Crippen LogP contribution < -0.4 is 15.4 Å². The highest BCUT2D eigenvalue weighted by atomic mass is 16.5. The number of hydrogen-bond acceptors (Lipinski definition) is 6. The Bertz CT molecular complexity index is 1560. The first-order valence-electron chi connectivity index (χ1n) is 11.6. The van der Waals surface area contributed by atoms with Crippen molar-refractivity contribution in [3.05, 3.63) is 101 Å². The van der Waals surface area contributed by atoms with Gasteiger partial charge in [-0.15, -0.1) is 0 Å². The van der Waals surface area contributed by atoms with E-state index in [4.69, 9.17) is 14.7 Å². The monoisotopic (exact) mass is 478 g/mol. The lowest BCUT2D eigenvalue weighted by Gasteiger charge is -2.14. The molecule has 8 nitrogen and oxygen atoms in total. The number of fused-ring (bicyclic) bond motifs is 1. The highest BCUT2D eigenvalue weighted by Gasteiger charge is 2.15. The Balaban J connectivity index is 1.43. The van der Waals surface area contributed by atoms with Crippen molar-refractivity contribution < 1.29 is 9.53 Å². The molecule has 2 aromatic heterocycles. The maximum Gasteiger partial charge on any atom is 0.251 e. The van der Waals surface area contributed by atoms with Crippen molar-refractivity contribution in [1.82, 2.24) is 25.1 Å². The molecule has 3 aromatic carbocycles. The minimum atomic E-state index is -0.187. The van der Waals surface area contributed by atoms with E-state index in [-0.39, 0.29) is 5.91 Å². The van der Waals surface area contributed by atoms with Crippen molar-refractivity contribution in [3.63, 3.8) is 0 Å². The van der Waals surface area contributed by atoms with Crippen LogP contribution in [0.3, 0.4) is 0 Å². The molecule has 0 saturated heterocycles. The average Bonchev–Trinajstić information content (AvgIpc) is 3.24. The SMILES string of the molecule is COc1ccccc1CNC(=O)c1cccc(Nc2nc3ccccc3nc2-n2nc(C)cc2C)c1. The molecular weight excluding hydrogens is 452 g/mol. The Morgan fingerprint density at radius 1 is 0.917 bits per heavy atom. The van der Waals surface area contributed by atoms with Gasteiger partial charge in [0.15, 0.2) is 11.6 Å². The minimum absolute atomic E-state index is 0.187. The molecule has 0 spiro atoms. The number of aromatic nitrogens is 4. The second-order valence-electron chi connectivity index (χ2n) is 8.42. The summed E-state index contributed by atoms with van der Waals surface area (Å²) in [6, 6.07) is 24.6. The van der Waals surface area contributed by atoms with Gasteiger partial charge in [0.2, 0.25) is 0 Å². The van der Waals surface area contributed by atoms with E-state index in [0.29, 0.717) is 29.4 Å². The molecule has 5 aromatic rings. The summed E-state index contributed by atoms with van der Waals surface area (Å²) in [6.45, 7) is 4.28. The lowest BCUT2D eigenvalue weighted by molar-refractivity contribution is 0.0950. The standard InChI is InChI=1S/C28H26N6O2/c1-18-15-19(2)34(33-18)27-26(31-23-12-5-6-13-24(23)32-27)30-22-11-8-10-20(16-22)28(35)29-17-21-9-4-7-14-25(21)36-3/h4-16H,17H2,1-3H3,(H,29,35)(H,30,31). The predicted octanol–water partition coefficient (Wildman–Crippen LogP) is 5.11. The molecule has 0 unspecified atom stereocenters. The van der Waals surface area contributed by atoms with Crippen LogP contribution in [-0.4, -0.2) is 32.8 Å². The zero-order chi connectivity index (χ0) is 25.1. The van der Waals surface area contributed by atoms with Gasteiger partial charge in [-0.2, -0.15) is 5.10 Å². The first kappa shape index (κ1) is 23.0. The third-order valence-electron chi connectivity index (χ3n) is 5.78. The molecule has 2 heterocycles. The third kappa shape index (κ3) is 4.74. The largest absolute Gasteiger partial charge is 0.496 e. The fraction of sp³-hybridized carbons (Fsp3) is 0.143. The van der Waals surface area contributed by atoms with Crippen molar-refractivity contribution in [3.8, 4) is 11.6 Å². The molecule has 0 radical (unpaired) electrons. The van der Waals surface area contributed by atoms with Crippen LogP contribution in [0.15, 0.2) is 78.9 Å². The molecule has 0 aliphatic heterocycles. The van der Waals surface area contributed by atoms with Crippen molar-refractivity contribution in [2.45, 2.75) is 20.4 Å². The van der Waals surface area contributed by atoms with Crippen LogP contribution in [0.5, 0.6) is 5.75 Å². The first-order valence-corrected chi connectivity index (χ1v) is 11.6. The summed E-state index contributed by atoms with van der Waals surface area (Å²) in [6.07, 6.45) is 0. The number of carbonyl (C=O) groups excluding carboxylic acids is 1. The maximum absolute atomic E-state index is 12.9. The van der Waals surface area contributed by atoms with Gasteiger partial charge in [-0.05, 0) is 56.3 Å². The van der Waals surface area contributed by atoms with Gasteiger partial charge in [0.05, 0.1) is 23.8 Å². The van der Waals surface area contributed by atoms with Gasteiger partial charge in [0, 0.05) is 29.1 Å². The highest BCUT2D eigenvalue weighted by molar-refractivity contribution is 5.95. The molecule has 36 heavy (non-hydrogen) atoms. The number of nitrogens with one attached hydrogen (secondary N) is 2. The number of aryl methyl sites for hydroxylation is 2. The number of para-hydroxylation sites is 3. The number of nitrogens with zero attached hydrogens (tertiary/aromatic N) is 4. The molecule has 1 amide bonds. The number of anilines is 2. The van der Waals surface area contributed by atoms with Gasteiger partial charge >= 0.3 is 0 Å². The van der Waals surface area contributed by atoms with Gasteiger partial charge < -0.3 is 15.4 Å². The van der Waals surface area contributed by atoms with Crippen molar-refractivity contribution in [2.75, 3.05) is 12.4 Å². The van der Waals surface area contributed by atoms with Crippen molar-refractivity contribution >= 4 is 28.4 Å². The topological polar surface area (TPSA) is 94.0 Å². The van der Waals surface area contributed by atoms with Crippen LogP contribution in [-0.2, 0) is 6.54 Å². The molecule has 8 heteroatoms. The van der Waals surface area contributed by atoms with E-state index in [2.05, 4.69) is 15.7 Å². The third-order valence-corrected chi connectivity index (χ3v) is 5.78. The van der Waals surface area contributed by atoms with E-state index in [1.807, 2.05) is 80.6 Å². The Morgan fingerprint density at radius 3 is 2.42 bits per heavy atom. The smallest absolute Gasteiger partial charge is 0.251 e. The number of carbonyl (C=O) groups is 1. The van der Waals surface area contributed by atoms with Crippen LogP contribution in [0.25, 0.3) is 16.9 Å². The van der Waals surface area contributed by atoms with Crippen LogP contribution in [0, 0.1) is 13.8 Å². The quantitative estimate of drug-likeness (QED) is 0.337. The number of hydrogen-bond donors (Lipinski definition) is 2. The van der Waals surface area contributed by atoms with Gasteiger partial charge in [0.25, 0.3) is 5.91 Å². The van der Waals surface area contributed by atoms with Gasteiger partial charge in [-0.3, -0.25) is 4.79 Å². The molecule has 0 atom stereocenters. The normalized spacial score (nSPS) is 10.9. The van der Waals surface area contributed by atoms with Gasteiger partial charge in [-0.1, -0.05) is 36.4 Å². The van der Waals surface area contributed by atoms with E-state index < -0.39 is 0 Å². The summed E-state index contributed by atoms with van der Waals surface area (Å²) in [5.74, 6) is 1.68. The summed E-state index contributed by atoms with van der Waals surface area (Å²) >= 11 is 0. The Labute approximate surface area is 209 Å². The molecule has 0 fully saturated rings. The zero-order valence-corrected chi connectivity index (χ0v) is 20.3. The van der Waals surface area contributed by atoms with Crippen molar-refractivity contribution in [2.24, 2.45) is 0 Å². The van der Waals surface area contributed by atoms with Crippen LogP contribution >= 0.6 is 0 Å². The van der Waals surface area contributed by atoms with E-state index in [9.17, 15) is 4.79 Å². The summed E-state index contributed by atoms with van der Waals surface area (Å²) < 4.78 is 7.15. The number of amides is 1. The van der Waals surface area contributed by atoms with Gasteiger partial charge in [0.1, 0.15) is 5.75 Å². The van der Waals surface area contributed by atoms with Crippen LogP contribution in [0.1, 0.15) is 27.3 Å². The average molecular weight is 479 g/mol. The number of methoxy groups -OCH3 is 1. The summed E-state index contributed by atoms with van der Waals surface area (Å²) in [4.78, 5) is 22.6. The fourth-order valence-corrected chi connectivity index (χ4v) is 4.07. The zero-order valence-electron chi connectivity index (χ0n) is 20.3. The molecule has 0 bridgehead atoms. The molecular formula is C28H26N6O2. The molecule has 0 aliphatic rings.